The van der Waals surface area contributed by atoms with Crippen LogP contribution in [0.2, 0.25) is 0 Å². The van der Waals surface area contributed by atoms with Gasteiger partial charge in [0.2, 0.25) is 0 Å². The topological polar surface area (TPSA) is 51.2 Å². The lowest BCUT2D eigenvalue weighted by molar-refractivity contribution is 0.534. The van der Waals surface area contributed by atoms with E-state index in [-0.39, 0.29) is 6.04 Å². The molecule has 1 unspecified atom stereocenters. The van der Waals surface area contributed by atoms with E-state index in [0.717, 1.165) is 16.5 Å². The van der Waals surface area contributed by atoms with Crippen LogP contribution in [0.15, 0.2) is 45.7 Å². The number of nitrogens with two attached hydrogens (primary N) is 1. The third kappa shape index (κ3) is 2.97. The van der Waals surface area contributed by atoms with Crippen LogP contribution in [0.25, 0.3) is 0 Å². The maximum Gasteiger partial charge on any atom is 0.0935 e. The molecule has 2 rings (SSSR count). The van der Waals surface area contributed by atoms with Crippen molar-refractivity contribution in [3.63, 3.8) is 0 Å². The fraction of sp³-hybridized carbons (Fsp3) is 0.231. The quantitative estimate of drug-likeness (QED) is 0.673. The summed E-state index contributed by atoms with van der Waals surface area (Å²) in [6.07, 6.45) is 4.23. The van der Waals surface area contributed by atoms with E-state index in [0.29, 0.717) is 0 Å². The highest BCUT2D eigenvalue weighted by atomic mass is 79.9. The van der Waals surface area contributed by atoms with Gasteiger partial charge in [0.25, 0.3) is 0 Å². The Labute approximate surface area is 109 Å². The maximum absolute atomic E-state index is 5.64. The standard InChI is InChI=1S/C13H15BrN2O/c1-9-2-3-11(14)7-12(9)13(16-15)6-10-4-5-17-8-10/h2-5,7-8,13,16H,6,15H2,1H3. The summed E-state index contributed by atoms with van der Waals surface area (Å²) in [5.41, 5.74) is 6.41. The van der Waals surface area contributed by atoms with Crippen LogP contribution in [-0.4, -0.2) is 0 Å². The first-order chi connectivity index (χ1) is 8.20. The number of hydrazine groups is 1. The van der Waals surface area contributed by atoms with Crippen molar-refractivity contribution in [2.75, 3.05) is 0 Å². The van der Waals surface area contributed by atoms with Gasteiger partial charge in [-0.25, -0.2) is 0 Å². The molecule has 4 heteroatoms. The van der Waals surface area contributed by atoms with Crippen LogP contribution < -0.4 is 11.3 Å². The highest BCUT2D eigenvalue weighted by Gasteiger charge is 2.13. The lowest BCUT2D eigenvalue weighted by Gasteiger charge is -2.18. The molecule has 0 aliphatic heterocycles. The molecule has 0 aliphatic carbocycles. The second-order valence-corrected chi connectivity index (χ2v) is 4.97. The van der Waals surface area contributed by atoms with E-state index >= 15 is 0 Å². The molecular formula is C13H15BrN2O. The fourth-order valence-electron chi connectivity index (χ4n) is 1.89. The van der Waals surface area contributed by atoms with Crippen molar-refractivity contribution in [2.24, 2.45) is 5.84 Å². The molecule has 0 spiro atoms. The van der Waals surface area contributed by atoms with E-state index in [1.54, 1.807) is 12.5 Å². The summed E-state index contributed by atoms with van der Waals surface area (Å²) in [4.78, 5) is 0. The van der Waals surface area contributed by atoms with Gasteiger partial charge in [0.05, 0.1) is 18.6 Å². The van der Waals surface area contributed by atoms with Gasteiger partial charge < -0.3 is 4.42 Å². The largest absolute Gasteiger partial charge is 0.472 e. The number of benzene rings is 1. The molecule has 0 amide bonds. The van der Waals surface area contributed by atoms with Crippen LogP contribution in [0.5, 0.6) is 0 Å². The SMILES string of the molecule is Cc1ccc(Br)cc1C(Cc1ccoc1)NN. The molecule has 17 heavy (non-hydrogen) atoms. The Morgan fingerprint density at radius 1 is 1.41 bits per heavy atom. The average Bonchev–Trinajstić information content (AvgIpc) is 2.82. The van der Waals surface area contributed by atoms with Crippen LogP contribution >= 0.6 is 15.9 Å². The first-order valence-corrected chi connectivity index (χ1v) is 6.23. The van der Waals surface area contributed by atoms with Crippen molar-refractivity contribution < 1.29 is 4.42 Å². The molecule has 1 atom stereocenters. The molecule has 0 saturated heterocycles. The van der Waals surface area contributed by atoms with Gasteiger partial charge in [0.15, 0.2) is 0 Å². The molecule has 3 nitrogen and oxygen atoms in total. The van der Waals surface area contributed by atoms with Crippen LogP contribution in [0.4, 0.5) is 0 Å². The molecule has 0 radical (unpaired) electrons. The van der Waals surface area contributed by atoms with Crippen molar-refractivity contribution in [3.8, 4) is 0 Å². The van der Waals surface area contributed by atoms with E-state index in [1.807, 2.05) is 12.1 Å². The van der Waals surface area contributed by atoms with Crippen LogP contribution in [-0.2, 0) is 6.42 Å². The summed E-state index contributed by atoms with van der Waals surface area (Å²) in [7, 11) is 0. The van der Waals surface area contributed by atoms with E-state index in [9.17, 15) is 0 Å². The highest BCUT2D eigenvalue weighted by molar-refractivity contribution is 9.10. The maximum atomic E-state index is 5.64. The molecule has 3 N–H and O–H groups in total. The third-order valence-corrected chi connectivity index (χ3v) is 3.33. The Bertz CT molecular complexity index is 482. The van der Waals surface area contributed by atoms with E-state index in [4.69, 9.17) is 10.3 Å². The van der Waals surface area contributed by atoms with Gasteiger partial charge in [-0.05, 0) is 48.2 Å². The molecule has 0 aliphatic rings. The second-order valence-electron chi connectivity index (χ2n) is 4.06. The number of nitrogens with one attached hydrogen (secondary N) is 1. The monoisotopic (exact) mass is 294 g/mol. The molecule has 0 fully saturated rings. The lowest BCUT2D eigenvalue weighted by Crippen LogP contribution is -2.30. The number of hydrogen-bond donors (Lipinski definition) is 2. The van der Waals surface area contributed by atoms with Crippen LogP contribution in [0.3, 0.4) is 0 Å². The van der Waals surface area contributed by atoms with Crippen LogP contribution in [0.1, 0.15) is 22.7 Å². The fourth-order valence-corrected chi connectivity index (χ4v) is 2.27. The zero-order chi connectivity index (χ0) is 12.3. The van der Waals surface area contributed by atoms with Gasteiger partial charge in [-0.15, -0.1) is 0 Å². The van der Waals surface area contributed by atoms with Gasteiger partial charge >= 0.3 is 0 Å². The van der Waals surface area contributed by atoms with Crippen molar-refractivity contribution in [2.45, 2.75) is 19.4 Å². The number of hydrogen-bond acceptors (Lipinski definition) is 3. The van der Waals surface area contributed by atoms with E-state index < -0.39 is 0 Å². The average molecular weight is 295 g/mol. The van der Waals surface area contributed by atoms with E-state index in [1.165, 1.54) is 11.1 Å². The van der Waals surface area contributed by atoms with Crippen molar-refractivity contribution in [3.05, 3.63) is 58.0 Å². The lowest BCUT2D eigenvalue weighted by atomic mass is 9.97. The zero-order valence-electron chi connectivity index (χ0n) is 9.61. The molecule has 1 aromatic heterocycles. The van der Waals surface area contributed by atoms with Gasteiger partial charge in [-0.1, -0.05) is 22.0 Å². The Balaban J connectivity index is 2.25. The van der Waals surface area contributed by atoms with Crippen molar-refractivity contribution in [1.82, 2.24) is 5.43 Å². The minimum Gasteiger partial charge on any atom is -0.472 e. The predicted molar refractivity (Wildman–Crippen MR) is 71.4 cm³/mol. The van der Waals surface area contributed by atoms with Crippen molar-refractivity contribution >= 4 is 15.9 Å². The highest BCUT2D eigenvalue weighted by Crippen LogP contribution is 2.24. The molecule has 1 aromatic carbocycles. The smallest absolute Gasteiger partial charge is 0.0935 e. The Morgan fingerprint density at radius 2 is 2.24 bits per heavy atom. The van der Waals surface area contributed by atoms with Gasteiger partial charge in [-0.3, -0.25) is 11.3 Å². The predicted octanol–water partition coefficient (Wildman–Crippen LogP) is 3.10. The Morgan fingerprint density at radius 3 is 2.88 bits per heavy atom. The number of aryl methyl sites for hydroxylation is 1. The normalized spacial score (nSPS) is 12.6. The summed E-state index contributed by atoms with van der Waals surface area (Å²) < 4.78 is 6.13. The Kier molecular flexibility index (Phi) is 3.99. The van der Waals surface area contributed by atoms with Gasteiger partial charge in [-0.2, -0.15) is 0 Å². The summed E-state index contributed by atoms with van der Waals surface area (Å²) in [6.45, 7) is 2.08. The number of furan rings is 1. The molecule has 0 bridgehead atoms. The number of halogens is 1. The number of rotatable bonds is 4. The molecule has 0 saturated carbocycles. The third-order valence-electron chi connectivity index (χ3n) is 2.84. The minimum absolute atomic E-state index is 0.0881. The minimum atomic E-state index is 0.0881. The summed E-state index contributed by atoms with van der Waals surface area (Å²) >= 11 is 3.48. The molecule has 1 heterocycles. The molecule has 90 valence electrons. The van der Waals surface area contributed by atoms with Gasteiger partial charge in [0.1, 0.15) is 0 Å². The first-order valence-electron chi connectivity index (χ1n) is 5.44. The summed E-state index contributed by atoms with van der Waals surface area (Å²) in [5, 5.41) is 0. The summed E-state index contributed by atoms with van der Waals surface area (Å²) in [5.74, 6) is 5.64. The van der Waals surface area contributed by atoms with Crippen LogP contribution in [0, 0.1) is 6.92 Å². The zero-order valence-corrected chi connectivity index (χ0v) is 11.2. The van der Waals surface area contributed by atoms with E-state index in [2.05, 4.69) is 40.4 Å². The van der Waals surface area contributed by atoms with Gasteiger partial charge in [0, 0.05) is 4.47 Å². The summed E-state index contributed by atoms with van der Waals surface area (Å²) in [6, 6.07) is 8.26. The first kappa shape index (κ1) is 12.4. The molecule has 2 aromatic rings. The second kappa shape index (κ2) is 5.49. The van der Waals surface area contributed by atoms with Crippen molar-refractivity contribution in [1.29, 1.82) is 0 Å². The Hall–Kier alpha value is -1.10. The molecular weight excluding hydrogens is 280 g/mol.